The maximum atomic E-state index is 11.8. The Balaban J connectivity index is 2.20. The van der Waals surface area contributed by atoms with Gasteiger partial charge in [0, 0.05) is 11.5 Å². The van der Waals surface area contributed by atoms with Gasteiger partial charge in [-0.1, -0.05) is 18.2 Å². The van der Waals surface area contributed by atoms with Crippen LogP contribution in [-0.2, 0) is 5.41 Å². The Hall–Kier alpha value is -1.32. The van der Waals surface area contributed by atoms with Crippen LogP contribution in [0.2, 0.25) is 0 Å². The maximum Gasteiger partial charge on any atom is 0.119 e. The minimum Gasteiger partial charge on any atom is -0.497 e. The van der Waals surface area contributed by atoms with E-state index in [9.17, 15) is 5.11 Å². The van der Waals surface area contributed by atoms with Crippen molar-refractivity contribution in [3.63, 3.8) is 0 Å². The van der Waals surface area contributed by atoms with Crippen molar-refractivity contribution < 1.29 is 9.84 Å². The molecule has 3 unspecified atom stereocenters. The fourth-order valence-electron chi connectivity index (χ4n) is 4.82. The van der Waals surface area contributed by atoms with E-state index < -0.39 is 5.60 Å². The van der Waals surface area contributed by atoms with Crippen molar-refractivity contribution in [2.45, 2.75) is 56.6 Å². The Bertz CT molecular complexity index is 626. The van der Waals surface area contributed by atoms with Gasteiger partial charge in [0.2, 0.25) is 0 Å². The molecule has 3 atom stereocenters. The van der Waals surface area contributed by atoms with Crippen molar-refractivity contribution in [1.82, 2.24) is 4.90 Å². The van der Waals surface area contributed by atoms with E-state index in [2.05, 4.69) is 44.5 Å². The van der Waals surface area contributed by atoms with E-state index in [1.54, 1.807) is 7.11 Å². The van der Waals surface area contributed by atoms with E-state index >= 15 is 0 Å². The van der Waals surface area contributed by atoms with Gasteiger partial charge in [-0.05, 0) is 76.4 Å². The number of fused-ring (bicyclic) bond motifs is 1. The van der Waals surface area contributed by atoms with Gasteiger partial charge in [-0.3, -0.25) is 0 Å². The van der Waals surface area contributed by atoms with Crippen LogP contribution >= 0.6 is 0 Å². The first-order valence-electron chi connectivity index (χ1n) is 8.58. The Morgan fingerprint density at radius 1 is 1.35 bits per heavy atom. The van der Waals surface area contributed by atoms with Crippen LogP contribution in [0.4, 0.5) is 0 Å². The summed E-state index contributed by atoms with van der Waals surface area (Å²) in [5, 5.41) is 11.8. The standard InChI is InChI=1S/C20H29NO2/c1-14-8-9-20(22)16(3)21(4)11-10-19(20,13-14)18-12-17(23-5)7-6-15(18)2/h6-7,12,16,22H,1,8-11,13H2,2-5H3. The van der Waals surface area contributed by atoms with E-state index in [0.717, 1.165) is 38.0 Å². The Morgan fingerprint density at radius 3 is 2.78 bits per heavy atom. The Kier molecular flexibility index (Phi) is 4.06. The van der Waals surface area contributed by atoms with Gasteiger partial charge >= 0.3 is 0 Å². The van der Waals surface area contributed by atoms with Crippen molar-refractivity contribution in [2.24, 2.45) is 0 Å². The highest BCUT2D eigenvalue weighted by Crippen LogP contribution is 2.55. The van der Waals surface area contributed by atoms with Crippen LogP contribution in [0.5, 0.6) is 5.75 Å². The zero-order chi connectivity index (χ0) is 16.8. The molecular formula is C20H29NO2. The summed E-state index contributed by atoms with van der Waals surface area (Å²) in [6.45, 7) is 9.57. The molecule has 3 heteroatoms. The second-order valence-electron chi connectivity index (χ2n) is 7.52. The molecule has 1 aliphatic carbocycles. The molecule has 1 aromatic rings. The molecular weight excluding hydrogens is 286 g/mol. The van der Waals surface area contributed by atoms with Crippen molar-refractivity contribution in [3.8, 4) is 5.75 Å². The third-order valence-electron chi connectivity index (χ3n) is 6.44. The molecule has 3 rings (SSSR count). The molecule has 23 heavy (non-hydrogen) atoms. The van der Waals surface area contributed by atoms with Crippen molar-refractivity contribution in [2.75, 3.05) is 20.7 Å². The van der Waals surface area contributed by atoms with E-state index in [0.29, 0.717) is 0 Å². The first-order valence-corrected chi connectivity index (χ1v) is 8.58. The first kappa shape index (κ1) is 16.5. The average Bonchev–Trinajstić information content (AvgIpc) is 2.54. The van der Waals surface area contributed by atoms with Crippen LogP contribution in [0.1, 0.15) is 43.7 Å². The van der Waals surface area contributed by atoms with Gasteiger partial charge in [0.05, 0.1) is 12.7 Å². The number of likely N-dealkylation sites (N-methyl/N-ethyl adjacent to an activating group) is 1. The van der Waals surface area contributed by atoms with Crippen molar-refractivity contribution >= 4 is 0 Å². The van der Waals surface area contributed by atoms with Crippen LogP contribution in [-0.4, -0.2) is 42.4 Å². The summed E-state index contributed by atoms with van der Waals surface area (Å²) in [6, 6.07) is 6.39. The predicted molar refractivity (Wildman–Crippen MR) is 94.1 cm³/mol. The first-order chi connectivity index (χ1) is 10.8. The molecule has 1 aromatic carbocycles. The molecule has 0 amide bonds. The number of likely N-dealkylation sites (tertiary alicyclic amines) is 1. The summed E-state index contributed by atoms with van der Waals surface area (Å²) in [7, 11) is 3.82. The highest BCUT2D eigenvalue weighted by atomic mass is 16.5. The summed E-state index contributed by atoms with van der Waals surface area (Å²) in [5.41, 5.74) is 2.75. The number of allylic oxidation sites excluding steroid dienone is 1. The molecule has 0 bridgehead atoms. The fraction of sp³-hybridized carbons (Fsp3) is 0.600. The van der Waals surface area contributed by atoms with E-state index in [4.69, 9.17) is 4.74 Å². The maximum absolute atomic E-state index is 11.8. The smallest absolute Gasteiger partial charge is 0.119 e. The number of benzene rings is 1. The molecule has 3 nitrogen and oxygen atoms in total. The van der Waals surface area contributed by atoms with Gasteiger partial charge in [-0.15, -0.1) is 0 Å². The quantitative estimate of drug-likeness (QED) is 0.849. The highest BCUT2D eigenvalue weighted by Gasteiger charge is 2.59. The molecule has 1 saturated heterocycles. The molecule has 1 aliphatic heterocycles. The molecule has 0 spiro atoms. The summed E-state index contributed by atoms with van der Waals surface area (Å²) in [6.07, 6.45) is 3.53. The van der Waals surface area contributed by atoms with Crippen molar-refractivity contribution in [3.05, 3.63) is 41.5 Å². The molecule has 1 heterocycles. The number of hydrogen-bond acceptors (Lipinski definition) is 3. The van der Waals surface area contributed by atoms with Crippen LogP contribution in [0, 0.1) is 6.92 Å². The van der Waals surface area contributed by atoms with Gasteiger partial charge < -0.3 is 14.7 Å². The third kappa shape index (κ3) is 2.33. The summed E-state index contributed by atoms with van der Waals surface area (Å²) in [5.74, 6) is 0.866. The van der Waals surface area contributed by atoms with Crippen LogP contribution in [0.3, 0.4) is 0 Å². The molecule has 1 saturated carbocycles. The monoisotopic (exact) mass is 315 g/mol. The Labute approximate surface area is 140 Å². The zero-order valence-corrected chi connectivity index (χ0v) is 14.9. The average molecular weight is 315 g/mol. The number of methoxy groups -OCH3 is 1. The number of ether oxygens (including phenoxy) is 1. The largest absolute Gasteiger partial charge is 0.497 e. The van der Waals surface area contributed by atoms with Crippen LogP contribution in [0.25, 0.3) is 0 Å². The van der Waals surface area contributed by atoms with E-state index in [-0.39, 0.29) is 11.5 Å². The zero-order valence-electron chi connectivity index (χ0n) is 14.9. The van der Waals surface area contributed by atoms with E-state index in [1.807, 2.05) is 6.07 Å². The predicted octanol–water partition coefficient (Wildman–Crippen LogP) is 3.44. The minimum absolute atomic E-state index is 0.134. The lowest BCUT2D eigenvalue weighted by molar-refractivity contribution is -0.140. The lowest BCUT2D eigenvalue weighted by Crippen LogP contribution is -2.68. The molecule has 1 N–H and O–H groups in total. The molecule has 126 valence electrons. The van der Waals surface area contributed by atoms with Gasteiger partial charge in [-0.2, -0.15) is 0 Å². The lowest BCUT2D eigenvalue weighted by atomic mass is 9.52. The number of nitrogens with zero attached hydrogens (tertiary/aromatic N) is 1. The number of piperidine rings is 1. The summed E-state index contributed by atoms with van der Waals surface area (Å²) in [4.78, 5) is 2.29. The summed E-state index contributed by atoms with van der Waals surface area (Å²) >= 11 is 0. The van der Waals surface area contributed by atoms with Gasteiger partial charge in [0.15, 0.2) is 0 Å². The topological polar surface area (TPSA) is 32.7 Å². The van der Waals surface area contributed by atoms with Crippen LogP contribution < -0.4 is 4.74 Å². The number of hydrogen-bond donors (Lipinski definition) is 1. The molecule has 2 aliphatic rings. The lowest BCUT2D eigenvalue weighted by Gasteiger charge is -2.60. The molecule has 2 fully saturated rings. The summed E-state index contributed by atoms with van der Waals surface area (Å²) < 4.78 is 5.47. The minimum atomic E-state index is -0.724. The van der Waals surface area contributed by atoms with Crippen molar-refractivity contribution in [1.29, 1.82) is 0 Å². The van der Waals surface area contributed by atoms with Gasteiger partial charge in [0.25, 0.3) is 0 Å². The number of rotatable bonds is 2. The second-order valence-corrected chi connectivity index (χ2v) is 7.52. The van der Waals surface area contributed by atoms with Gasteiger partial charge in [-0.25, -0.2) is 0 Å². The fourth-order valence-corrected chi connectivity index (χ4v) is 4.82. The van der Waals surface area contributed by atoms with Crippen LogP contribution in [0.15, 0.2) is 30.4 Å². The highest BCUT2D eigenvalue weighted by molar-refractivity contribution is 5.45. The molecule has 0 aromatic heterocycles. The van der Waals surface area contributed by atoms with E-state index in [1.165, 1.54) is 16.7 Å². The number of aliphatic hydroxyl groups is 1. The number of aryl methyl sites for hydroxylation is 1. The third-order valence-corrected chi connectivity index (χ3v) is 6.44. The Morgan fingerprint density at radius 2 is 2.09 bits per heavy atom. The molecule has 0 radical (unpaired) electrons. The SMILES string of the molecule is C=C1CCC2(O)C(C)N(C)CCC2(c2cc(OC)ccc2C)C1. The normalized spacial score (nSPS) is 35.0. The second kappa shape index (κ2) is 5.64. The van der Waals surface area contributed by atoms with Gasteiger partial charge in [0.1, 0.15) is 5.75 Å².